The highest BCUT2D eigenvalue weighted by Gasteiger charge is 2.20. The number of aryl methyl sites for hydroxylation is 1. The smallest absolute Gasteiger partial charge is 0.297 e. The molecule has 18 heavy (non-hydrogen) atoms. The molecule has 0 unspecified atom stereocenters. The summed E-state index contributed by atoms with van der Waals surface area (Å²) >= 11 is 5.94. The number of nitrogens with zero attached hydrogens (tertiary/aromatic N) is 1. The Bertz CT molecular complexity index is 792. The van der Waals surface area contributed by atoms with Gasteiger partial charge in [-0.3, -0.25) is 10.1 Å². The molecule has 0 aliphatic heterocycles. The normalized spacial score (nSPS) is 11.2. The molecule has 1 N–H and O–H groups in total. The van der Waals surface area contributed by atoms with Gasteiger partial charge in [-0.15, -0.1) is 0 Å². The van der Waals surface area contributed by atoms with Gasteiger partial charge in [-0.2, -0.15) is 0 Å². The Hall–Kier alpha value is -2.07. The number of fused-ring (bicyclic) bond motifs is 3. The Kier molecular flexibility index (Phi) is 2.28. The van der Waals surface area contributed by atoms with Gasteiger partial charge in [-0.25, -0.2) is 0 Å². The van der Waals surface area contributed by atoms with E-state index in [4.69, 9.17) is 11.6 Å². The fourth-order valence-electron chi connectivity index (χ4n) is 2.24. The van der Waals surface area contributed by atoms with E-state index in [-0.39, 0.29) is 10.7 Å². The third kappa shape index (κ3) is 1.46. The fourth-order valence-corrected chi connectivity index (χ4v) is 2.47. The number of halogens is 1. The van der Waals surface area contributed by atoms with Gasteiger partial charge < -0.3 is 4.98 Å². The van der Waals surface area contributed by atoms with Gasteiger partial charge in [0.05, 0.1) is 15.8 Å². The third-order valence-corrected chi connectivity index (χ3v) is 3.33. The number of nitrogens with one attached hydrogen (secondary N) is 1. The highest BCUT2D eigenvalue weighted by molar-refractivity contribution is 6.35. The maximum absolute atomic E-state index is 11.2. The van der Waals surface area contributed by atoms with Crippen LogP contribution in [0.2, 0.25) is 5.02 Å². The van der Waals surface area contributed by atoms with Crippen molar-refractivity contribution < 1.29 is 4.92 Å². The molecular weight excluding hydrogens is 252 g/mol. The molecule has 0 saturated carbocycles. The van der Waals surface area contributed by atoms with Crippen molar-refractivity contribution in [2.75, 3.05) is 0 Å². The van der Waals surface area contributed by atoms with Crippen LogP contribution in [0.15, 0.2) is 30.3 Å². The first-order valence-electron chi connectivity index (χ1n) is 5.43. The number of hydrogen-bond donors (Lipinski definition) is 1. The number of hydrogen-bond acceptors (Lipinski definition) is 2. The van der Waals surface area contributed by atoms with E-state index in [2.05, 4.69) is 4.98 Å². The lowest BCUT2D eigenvalue weighted by Crippen LogP contribution is -1.90. The molecule has 0 radical (unpaired) electrons. The van der Waals surface area contributed by atoms with Crippen molar-refractivity contribution in [1.82, 2.24) is 4.98 Å². The number of benzene rings is 2. The molecule has 1 aromatic heterocycles. The minimum Gasteiger partial charge on any atom is -0.354 e. The average molecular weight is 261 g/mol. The molecule has 0 saturated heterocycles. The van der Waals surface area contributed by atoms with E-state index in [0.29, 0.717) is 5.39 Å². The molecule has 2 aromatic carbocycles. The summed E-state index contributed by atoms with van der Waals surface area (Å²) in [6.45, 7) is 1.95. The first-order valence-corrected chi connectivity index (χ1v) is 5.80. The summed E-state index contributed by atoms with van der Waals surface area (Å²) in [5.41, 5.74) is 2.62. The van der Waals surface area contributed by atoms with Gasteiger partial charge in [0.25, 0.3) is 5.69 Å². The van der Waals surface area contributed by atoms with E-state index in [0.717, 1.165) is 22.0 Å². The van der Waals surface area contributed by atoms with E-state index in [1.807, 2.05) is 25.1 Å². The van der Waals surface area contributed by atoms with E-state index >= 15 is 0 Å². The Labute approximate surface area is 107 Å². The van der Waals surface area contributed by atoms with Crippen molar-refractivity contribution in [3.63, 3.8) is 0 Å². The zero-order valence-electron chi connectivity index (χ0n) is 9.53. The van der Waals surface area contributed by atoms with Crippen LogP contribution in [0.1, 0.15) is 5.56 Å². The molecule has 90 valence electrons. The molecule has 0 bridgehead atoms. The van der Waals surface area contributed by atoms with Crippen molar-refractivity contribution in [2.45, 2.75) is 6.92 Å². The molecule has 5 heteroatoms. The summed E-state index contributed by atoms with van der Waals surface area (Å²) in [6, 6.07) is 9.12. The van der Waals surface area contributed by atoms with Gasteiger partial charge in [0.1, 0.15) is 5.02 Å². The van der Waals surface area contributed by atoms with Gasteiger partial charge in [-0.05, 0) is 31.2 Å². The van der Waals surface area contributed by atoms with Crippen LogP contribution in [0, 0.1) is 17.0 Å². The molecule has 1 heterocycles. The number of nitro benzene ring substituents is 1. The molecule has 0 atom stereocenters. The number of nitro groups is 1. The van der Waals surface area contributed by atoms with Crippen molar-refractivity contribution in [3.05, 3.63) is 51.0 Å². The molecule has 0 fully saturated rings. The largest absolute Gasteiger partial charge is 0.354 e. The van der Waals surface area contributed by atoms with Gasteiger partial charge in [-0.1, -0.05) is 23.2 Å². The van der Waals surface area contributed by atoms with Crippen LogP contribution in [-0.2, 0) is 0 Å². The fraction of sp³-hybridized carbons (Fsp3) is 0.0769. The van der Waals surface area contributed by atoms with Crippen LogP contribution in [0.4, 0.5) is 5.69 Å². The van der Waals surface area contributed by atoms with Crippen molar-refractivity contribution in [2.24, 2.45) is 0 Å². The van der Waals surface area contributed by atoms with Crippen LogP contribution in [-0.4, -0.2) is 9.91 Å². The predicted octanol–water partition coefficient (Wildman–Crippen LogP) is 4.19. The molecular formula is C13H9ClN2O2. The maximum atomic E-state index is 11.2. The molecule has 0 spiro atoms. The number of aromatic amines is 1. The summed E-state index contributed by atoms with van der Waals surface area (Å²) in [5.74, 6) is 0. The number of rotatable bonds is 1. The number of H-pyrrole nitrogens is 1. The first-order chi connectivity index (χ1) is 8.58. The molecule has 3 rings (SSSR count). The molecule has 0 aliphatic carbocycles. The molecule has 3 aromatic rings. The Morgan fingerprint density at radius 2 is 1.94 bits per heavy atom. The van der Waals surface area contributed by atoms with E-state index < -0.39 is 4.92 Å². The summed E-state index contributed by atoms with van der Waals surface area (Å²) in [5, 5.41) is 12.7. The second kappa shape index (κ2) is 3.71. The lowest BCUT2D eigenvalue weighted by Gasteiger charge is -1.98. The van der Waals surface area contributed by atoms with Crippen LogP contribution in [0.5, 0.6) is 0 Å². The highest BCUT2D eigenvalue weighted by Crippen LogP contribution is 2.38. The molecule has 0 amide bonds. The summed E-state index contributed by atoms with van der Waals surface area (Å²) in [4.78, 5) is 13.9. The van der Waals surface area contributed by atoms with Crippen LogP contribution < -0.4 is 0 Å². The standard InChI is InChI=1S/C13H9ClN2O2/c1-7-2-4-10-8(6-7)12-11(15-10)5-3-9(14)13(12)16(17)18/h2-6,15H,1H3. The highest BCUT2D eigenvalue weighted by atomic mass is 35.5. The molecule has 4 nitrogen and oxygen atoms in total. The van der Waals surface area contributed by atoms with E-state index in [1.54, 1.807) is 12.1 Å². The summed E-state index contributed by atoms with van der Waals surface area (Å²) in [6.07, 6.45) is 0. The van der Waals surface area contributed by atoms with Crippen LogP contribution in [0.3, 0.4) is 0 Å². The van der Waals surface area contributed by atoms with E-state index in [9.17, 15) is 10.1 Å². The van der Waals surface area contributed by atoms with Crippen molar-refractivity contribution in [1.29, 1.82) is 0 Å². The minimum atomic E-state index is -0.430. The topological polar surface area (TPSA) is 58.9 Å². The maximum Gasteiger partial charge on any atom is 0.297 e. The summed E-state index contributed by atoms with van der Waals surface area (Å²) in [7, 11) is 0. The minimum absolute atomic E-state index is 0.0361. The predicted molar refractivity (Wildman–Crippen MR) is 72.2 cm³/mol. The summed E-state index contributed by atoms with van der Waals surface area (Å²) < 4.78 is 0. The van der Waals surface area contributed by atoms with Crippen LogP contribution >= 0.6 is 11.6 Å². The second-order valence-corrected chi connectivity index (χ2v) is 4.66. The third-order valence-electron chi connectivity index (χ3n) is 3.03. The van der Waals surface area contributed by atoms with Gasteiger partial charge >= 0.3 is 0 Å². The monoisotopic (exact) mass is 260 g/mol. The Morgan fingerprint density at radius 3 is 2.67 bits per heavy atom. The lowest BCUT2D eigenvalue weighted by molar-refractivity contribution is -0.382. The zero-order chi connectivity index (χ0) is 12.9. The first kappa shape index (κ1) is 11.0. The Balaban J connectivity index is 2.59. The van der Waals surface area contributed by atoms with Crippen molar-refractivity contribution >= 4 is 39.1 Å². The van der Waals surface area contributed by atoms with Crippen LogP contribution in [0.25, 0.3) is 21.8 Å². The Morgan fingerprint density at radius 1 is 1.22 bits per heavy atom. The SMILES string of the molecule is Cc1ccc2[nH]c3ccc(Cl)c([N+](=O)[O-])c3c2c1. The lowest BCUT2D eigenvalue weighted by atomic mass is 10.1. The molecule has 0 aliphatic rings. The quantitative estimate of drug-likeness (QED) is 0.527. The van der Waals surface area contributed by atoms with E-state index in [1.165, 1.54) is 0 Å². The second-order valence-electron chi connectivity index (χ2n) is 4.25. The number of aromatic nitrogens is 1. The van der Waals surface area contributed by atoms with Gasteiger partial charge in [0, 0.05) is 10.9 Å². The average Bonchev–Trinajstić information content (AvgIpc) is 2.66. The van der Waals surface area contributed by atoms with Gasteiger partial charge in [0.15, 0.2) is 0 Å². The van der Waals surface area contributed by atoms with Gasteiger partial charge in [0.2, 0.25) is 0 Å². The van der Waals surface area contributed by atoms with Crippen molar-refractivity contribution in [3.8, 4) is 0 Å². The zero-order valence-corrected chi connectivity index (χ0v) is 10.3.